The lowest BCUT2D eigenvalue weighted by molar-refractivity contribution is 0.0900. The van der Waals surface area contributed by atoms with E-state index in [-0.39, 0.29) is 11.7 Å². The van der Waals surface area contributed by atoms with Crippen molar-refractivity contribution in [1.29, 1.82) is 0 Å². The highest BCUT2D eigenvalue weighted by molar-refractivity contribution is 6.32. The Morgan fingerprint density at radius 1 is 1.56 bits per heavy atom. The van der Waals surface area contributed by atoms with Crippen molar-refractivity contribution in [1.82, 2.24) is 0 Å². The van der Waals surface area contributed by atoms with Crippen LogP contribution in [0.5, 0.6) is 5.75 Å². The molecule has 1 aliphatic heterocycles. The van der Waals surface area contributed by atoms with Crippen LogP contribution < -0.4 is 4.74 Å². The van der Waals surface area contributed by atoms with Gasteiger partial charge in [0.15, 0.2) is 5.78 Å². The summed E-state index contributed by atoms with van der Waals surface area (Å²) in [6.07, 6.45) is 0.794. The van der Waals surface area contributed by atoms with E-state index < -0.39 is 0 Å². The van der Waals surface area contributed by atoms with E-state index in [4.69, 9.17) is 21.1 Å². The summed E-state index contributed by atoms with van der Waals surface area (Å²) < 4.78 is 10.2. The standard InChI is InChI=1S/C12H13ClO3/c1-15-11-3-2-8(6-10(11)13)12(14)9-4-5-16-7-9/h2-3,6,9H,4-5,7H2,1H3. The summed E-state index contributed by atoms with van der Waals surface area (Å²) in [5, 5.41) is 0.465. The number of carbonyl (C=O) groups excluding carboxylic acids is 1. The molecule has 2 rings (SSSR count). The van der Waals surface area contributed by atoms with Gasteiger partial charge in [0.2, 0.25) is 0 Å². The summed E-state index contributed by atoms with van der Waals surface area (Å²) in [5.74, 6) is 0.660. The van der Waals surface area contributed by atoms with Gasteiger partial charge in [0.1, 0.15) is 5.75 Å². The number of carbonyl (C=O) groups is 1. The number of hydrogen-bond donors (Lipinski definition) is 0. The number of hydrogen-bond acceptors (Lipinski definition) is 3. The number of benzene rings is 1. The Morgan fingerprint density at radius 3 is 2.94 bits per heavy atom. The zero-order valence-electron chi connectivity index (χ0n) is 9.03. The number of Topliss-reactive ketones (excluding diaryl/α,β-unsaturated/α-hetero) is 1. The van der Waals surface area contributed by atoms with Gasteiger partial charge in [-0.15, -0.1) is 0 Å². The topological polar surface area (TPSA) is 35.5 Å². The molecule has 86 valence electrons. The van der Waals surface area contributed by atoms with Crippen molar-refractivity contribution < 1.29 is 14.3 Å². The fourth-order valence-electron chi connectivity index (χ4n) is 1.80. The molecular weight excluding hydrogens is 228 g/mol. The second-order valence-corrected chi connectivity index (χ2v) is 4.18. The molecule has 3 nitrogen and oxygen atoms in total. The quantitative estimate of drug-likeness (QED) is 0.762. The average molecular weight is 241 g/mol. The van der Waals surface area contributed by atoms with E-state index in [1.807, 2.05) is 0 Å². The van der Waals surface area contributed by atoms with Gasteiger partial charge in [0.05, 0.1) is 18.7 Å². The van der Waals surface area contributed by atoms with Gasteiger partial charge in [-0.3, -0.25) is 4.79 Å². The summed E-state index contributed by atoms with van der Waals surface area (Å²) >= 11 is 5.97. The van der Waals surface area contributed by atoms with E-state index >= 15 is 0 Å². The summed E-state index contributed by atoms with van der Waals surface area (Å²) in [5.41, 5.74) is 0.626. The molecule has 0 radical (unpaired) electrons. The molecule has 16 heavy (non-hydrogen) atoms. The first-order chi connectivity index (χ1) is 7.72. The molecule has 0 saturated carbocycles. The van der Waals surface area contributed by atoms with Gasteiger partial charge in [-0.25, -0.2) is 0 Å². The van der Waals surface area contributed by atoms with Crippen LogP contribution in [0.25, 0.3) is 0 Å². The highest BCUT2D eigenvalue weighted by Crippen LogP contribution is 2.27. The van der Waals surface area contributed by atoms with E-state index in [1.165, 1.54) is 0 Å². The van der Waals surface area contributed by atoms with Crippen LogP contribution in [-0.2, 0) is 4.74 Å². The summed E-state index contributed by atoms with van der Waals surface area (Å²) in [6, 6.07) is 5.11. The van der Waals surface area contributed by atoms with Gasteiger partial charge < -0.3 is 9.47 Å². The molecule has 0 aliphatic carbocycles. The molecule has 4 heteroatoms. The van der Waals surface area contributed by atoms with Gasteiger partial charge in [-0.2, -0.15) is 0 Å². The Balaban J connectivity index is 2.20. The molecule has 1 aromatic rings. The minimum Gasteiger partial charge on any atom is -0.495 e. The van der Waals surface area contributed by atoms with Crippen LogP contribution in [0.2, 0.25) is 5.02 Å². The number of rotatable bonds is 3. The van der Waals surface area contributed by atoms with Crippen LogP contribution in [0.1, 0.15) is 16.8 Å². The minimum absolute atomic E-state index is 0.0236. The van der Waals surface area contributed by atoms with Crippen LogP contribution in [0.15, 0.2) is 18.2 Å². The molecule has 0 aromatic heterocycles. The van der Waals surface area contributed by atoms with Gasteiger partial charge in [-0.05, 0) is 24.6 Å². The van der Waals surface area contributed by atoms with E-state index in [0.717, 1.165) is 6.42 Å². The molecule has 1 aromatic carbocycles. The maximum atomic E-state index is 12.0. The largest absolute Gasteiger partial charge is 0.495 e. The molecule has 1 unspecified atom stereocenters. The third-order valence-electron chi connectivity index (χ3n) is 2.74. The van der Waals surface area contributed by atoms with Crippen LogP contribution in [0, 0.1) is 5.92 Å². The average Bonchev–Trinajstić information content (AvgIpc) is 2.81. The zero-order valence-corrected chi connectivity index (χ0v) is 9.79. The van der Waals surface area contributed by atoms with Gasteiger partial charge in [0, 0.05) is 18.1 Å². The van der Waals surface area contributed by atoms with Crippen LogP contribution in [0.4, 0.5) is 0 Å². The number of methoxy groups -OCH3 is 1. The number of ketones is 1. The first-order valence-corrected chi connectivity index (χ1v) is 5.55. The second kappa shape index (κ2) is 4.85. The highest BCUT2D eigenvalue weighted by Gasteiger charge is 2.24. The van der Waals surface area contributed by atoms with Crippen LogP contribution in [0.3, 0.4) is 0 Å². The molecular formula is C12H13ClO3. The molecule has 0 amide bonds. The van der Waals surface area contributed by atoms with Gasteiger partial charge >= 0.3 is 0 Å². The number of halogens is 1. The van der Waals surface area contributed by atoms with E-state index in [9.17, 15) is 4.79 Å². The van der Waals surface area contributed by atoms with Crippen molar-refractivity contribution in [3.63, 3.8) is 0 Å². The van der Waals surface area contributed by atoms with E-state index in [1.54, 1.807) is 25.3 Å². The molecule has 1 atom stereocenters. The number of ether oxygens (including phenoxy) is 2. The van der Waals surface area contributed by atoms with Gasteiger partial charge in [0.25, 0.3) is 0 Å². The van der Waals surface area contributed by atoms with E-state index in [2.05, 4.69) is 0 Å². The van der Waals surface area contributed by atoms with Crippen molar-refractivity contribution in [3.8, 4) is 5.75 Å². The van der Waals surface area contributed by atoms with Crippen LogP contribution in [-0.4, -0.2) is 26.1 Å². The molecule has 0 spiro atoms. The van der Waals surface area contributed by atoms with Crippen molar-refractivity contribution in [2.24, 2.45) is 5.92 Å². The monoisotopic (exact) mass is 240 g/mol. The Hall–Kier alpha value is -1.06. The lowest BCUT2D eigenvalue weighted by atomic mass is 9.97. The summed E-state index contributed by atoms with van der Waals surface area (Å²) in [7, 11) is 1.55. The Morgan fingerprint density at radius 2 is 2.38 bits per heavy atom. The molecule has 1 saturated heterocycles. The Kier molecular flexibility index (Phi) is 3.46. The molecule has 1 heterocycles. The van der Waals surface area contributed by atoms with E-state index in [0.29, 0.717) is 29.5 Å². The third-order valence-corrected chi connectivity index (χ3v) is 3.03. The predicted molar refractivity (Wildman–Crippen MR) is 61.3 cm³/mol. The lowest BCUT2D eigenvalue weighted by Gasteiger charge is -2.08. The Bertz CT molecular complexity index is 397. The molecule has 0 N–H and O–H groups in total. The predicted octanol–water partition coefficient (Wildman–Crippen LogP) is 2.57. The first kappa shape index (κ1) is 11.4. The van der Waals surface area contributed by atoms with Crippen LogP contribution >= 0.6 is 11.6 Å². The Labute approximate surface area is 99.3 Å². The fourth-order valence-corrected chi connectivity index (χ4v) is 2.05. The normalized spacial score (nSPS) is 19.8. The minimum atomic E-state index is -0.0236. The van der Waals surface area contributed by atoms with Crippen molar-refractivity contribution in [3.05, 3.63) is 28.8 Å². The second-order valence-electron chi connectivity index (χ2n) is 3.77. The van der Waals surface area contributed by atoms with Gasteiger partial charge in [-0.1, -0.05) is 11.6 Å². The highest BCUT2D eigenvalue weighted by atomic mass is 35.5. The van der Waals surface area contributed by atoms with Crippen molar-refractivity contribution >= 4 is 17.4 Å². The smallest absolute Gasteiger partial charge is 0.168 e. The third kappa shape index (κ3) is 2.20. The summed E-state index contributed by atoms with van der Waals surface area (Å²) in [4.78, 5) is 12.0. The maximum Gasteiger partial charge on any atom is 0.168 e. The van der Waals surface area contributed by atoms with Crippen molar-refractivity contribution in [2.45, 2.75) is 6.42 Å². The van der Waals surface area contributed by atoms with Crippen molar-refractivity contribution in [2.75, 3.05) is 20.3 Å². The molecule has 1 aliphatic rings. The zero-order chi connectivity index (χ0) is 11.5. The molecule has 1 fully saturated rings. The SMILES string of the molecule is COc1ccc(C(=O)C2CCOC2)cc1Cl. The first-order valence-electron chi connectivity index (χ1n) is 5.18. The fraction of sp³-hybridized carbons (Fsp3) is 0.417. The molecule has 0 bridgehead atoms. The lowest BCUT2D eigenvalue weighted by Crippen LogP contribution is -2.14. The summed E-state index contributed by atoms with van der Waals surface area (Å²) in [6.45, 7) is 1.18. The maximum absolute atomic E-state index is 12.0.